The van der Waals surface area contributed by atoms with Gasteiger partial charge in [0, 0.05) is 11.6 Å². The number of rotatable bonds is 6. The molecule has 1 saturated heterocycles. The Hall–Kier alpha value is -2.76. The molecule has 1 fully saturated rings. The van der Waals surface area contributed by atoms with E-state index in [1.54, 1.807) is 24.3 Å². The van der Waals surface area contributed by atoms with Gasteiger partial charge >= 0.3 is 0 Å². The topological polar surface area (TPSA) is 43.7 Å². The Labute approximate surface area is 168 Å². The minimum Gasteiger partial charge on any atom is -0.388 e. The van der Waals surface area contributed by atoms with Crippen LogP contribution in [0.25, 0.3) is 0 Å². The molecule has 4 unspecified atom stereocenters. The molecular weight excluding hydrogens is 372 g/mol. The van der Waals surface area contributed by atoms with Gasteiger partial charge in [0.1, 0.15) is 17.9 Å². The summed E-state index contributed by atoms with van der Waals surface area (Å²) in [6.07, 6.45) is -0.407. The zero-order valence-electron chi connectivity index (χ0n) is 15.8. The molecule has 0 amide bonds. The van der Waals surface area contributed by atoms with Crippen molar-refractivity contribution in [2.75, 3.05) is 4.90 Å². The zero-order chi connectivity index (χ0) is 20.4. The van der Waals surface area contributed by atoms with E-state index in [1.807, 2.05) is 35.2 Å². The standard InChI is InChI=1S/C24H23F2NO2/c25-18-8-6-16(7-9-18)22(28)15-14-21-23(17-4-2-1-3-5-17)27(24(21)29)20-12-10-19(26)11-13-20/h1-13,21-24,28-29H,14-15H2. The van der Waals surface area contributed by atoms with Crippen molar-refractivity contribution in [3.8, 4) is 0 Å². The minimum absolute atomic E-state index is 0.0721. The molecule has 0 spiro atoms. The van der Waals surface area contributed by atoms with Crippen LogP contribution < -0.4 is 4.90 Å². The zero-order valence-corrected chi connectivity index (χ0v) is 15.8. The number of aliphatic hydroxyl groups is 2. The largest absolute Gasteiger partial charge is 0.388 e. The lowest BCUT2D eigenvalue weighted by Crippen LogP contribution is -2.58. The van der Waals surface area contributed by atoms with Crippen molar-refractivity contribution < 1.29 is 19.0 Å². The van der Waals surface area contributed by atoms with Crippen molar-refractivity contribution in [2.45, 2.75) is 31.2 Å². The van der Waals surface area contributed by atoms with E-state index in [9.17, 15) is 19.0 Å². The summed E-state index contributed by atoms with van der Waals surface area (Å²) in [6, 6.07) is 21.7. The van der Waals surface area contributed by atoms with Crippen LogP contribution in [0.1, 0.15) is 36.1 Å². The summed E-state index contributed by atoms with van der Waals surface area (Å²) in [6.45, 7) is 0. The second kappa shape index (κ2) is 8.31. The Balaban J connectivity index is 1.52. The first-order valence-electron chi connectivity index (χ1n) is 9.75. The van der Waals surface area contributed by atoms with Crippen molar-refractivity contribution in [1.29, 1.82) is 0 Å². The van der Waals surface area contributed by atoms with Crippen molar-refractivity contribution in [3.63, 3.8) is 0 Å². The second-order valence-electron chi connectivity index (χ2n) is 7.46. The lowest BCUT2D eigenvalue weighted by molar-refractivity contribution is -0.00680. The van der Waals surface area contributed by atoms with Crippen molar-refractivity contribution in [2.24, 2.45) is 5.92 Å². The Bertz CT molecular complexity index is 931. The van der Waals surface area contributed by atoms with Crippen LogP contribution in [-0.2, 0) is 0 Å². The molecule has 0 aliphatic carbocycles. The average Bonchev–Trinajstić information content (AvgIpc) is 2.74. The Morgan fingerprint density at radius 3 is 2.03 bits per heavy atom. The molecule has 1 heterocycles. The van der Waals surface area contributed by atoms with Gasteiger partial charge in [-0.05, 0) is 60.4 Å². The number of hydrogen-bond donors (Lipinski definition) is 2. The van der Waals surface area contributed by atoms with Gasteiger partial charge in [-0.3, -0.25) is 0 Å². The maximum atomic E-state index is 13.3. The molecule has 3 aromatic rings. The molecule has 1 aliphatic rings. The summed E-state index contributed by atoms with van der Waals surface area (Å²) in [5.74, 6) is -0.744. The van der Waals surface area contributed by atoms with Crippen molar-refractivity contribution >= 4 is 5.69 Å². The smallest absolute Gasteiger partial charge is 0.132 e. The van der Waals surface area contributed by atoms with Crippen molar-refractivity contribution in [3.05, 3.63) is 102 Å². The van der Waals surface area contributed by atoms with E-state index in [0.717, 1.165) is 11.3 Å². The Morgan fingerprint density at radius 2 is 1.41 bits per heavy atom. The monoisotopic (exact) mass is 395 g/mol. The third-order valence-electron chi connectivity index (χ3n) is 5.67. The maximum Gasteiger partial charge on any atom is 0.132 e. The van der Waals surface area contributed by atoms with E-state index < -0.39 is 12.3 Å². The van der Waals surface area contributed by atoms with E-state index in [4.69, 9.17) is 0 Å². The molecule has 4 atom stereocenters. The van der Waals surface area contributed by atoms with Crippen LogP contribution in [0.2, 0.25) is 0 Å². The quantitative estimate of drug-likeness (QED) is 0.619. The fourth-order valence-electron chi connectivity index (χ4n) is 4.13. The molecule has 3 nitrogen and oxygen atoms in total. The van der Waals surface area contributed by atoms with Gasteiger partial charge < -0.3 is 15.1 Å². The molecule has 2 N–H and O–H groups in total. The molecule has 0 saturated carbocycles. The summed E-state index contributed by atoms with van der Waals surface area (Å²) >= 11 is 0. The number of hydrogen-bond acceptors (Lipinski definition) is 3. The molecule has 0 aromatic heterocycles. The van der Waals surface area contributed by atoms with Crippen LogP contribution >= 0.6 is 0 Å². The number of nitrogens with zero attached hydrogens (tertiary/aromatic N) is 1. The summed E-state index contributed by atoms with van der Waals surface area (Å²) < 4.78 is 26.4. The molecular formula is C24H23F2NO2. The fourth-order valence-corrected chi connectivity index (χ4v) is 4.13. The van der Waals surface area contributed by atoms with Gasteiger partial charge in [0.2, 0.25) is 0 Å². The molecule has 150 valence electrons. The molecule has 4 rings (SSSR count). The summed E-state index contributed by atoms with van der Waals surface area (Å²) in [7, 11) is 0. The summed E-state index contributed by atoms with van der Waals surface area (Å²) in [5.41, 5.74) is 2.47. The highest BCUT2D eigenvalue weighted by atomic mass is 19.1. The summed E-state index contributed by atoms with van der Waals surface area (Å²) in [4.78, 5) is 1.88. The minimum atomic E-state index is -0.730. The van der Waals surface area contributed by atoms with Gasteiger partial charge in [0.15, 0.2) is 0 Å². The normalized spacial score (nSPS) is 22.2. The van der Waals surface area contributed by atoms with E-state index >= 15 is 0 Å². The van der Waals surface area contributed by atoms with Crippen LogP contribution in [0, 0.1) is 17.6 Å². The number of anilines is 1. The third-order valence-corrected chi connectivity index (χ3v) is 5.67. The van der Waals surface area contributed by atoms with Gasteiger partial charge in [0.05, 0.1) is 12.1 Å². The van der Waals surface area contributed by atoms with Crippen LogP contribution in [0.3, 0.4) is 0 Å². The second-order valence-corrected chi connectivity index (χ2v) is 7.46. The Kier molecular flexibility index (Phi) is 5.60. The van der Waals surface area contributed by atoms with Gasteiger partial charge in [-0.1, -0.05) is 42.5 Å². The molecule has 29 heavy (non-hydrogen) atoms. The molecule has 1 aliphatic heterocycles. The molecule has 0 bridgehead atoms. The van der Waals surface area contributed by atoms with E-state index in [0.29, 0.717) is 18.4 Å². The fraction of sp³-hybridized carbons (Fsp3) is 0.250. The average molecular weight is 395 g/mol. The van der Waals surface area contributed by atoms with Crippen LogP contribution in [-0.4, -0.2) is 16.4 Å². The van der Waals surface area contributed by atoms with Gasteiger partial charge in [-0.2, -0.15) is 0 Å². The first-order chi connectivity index (χ1) is 14.0. The van der Waals surface area contributed by atoms with E-state index in [2.05, 4.69) is 0 Å². The lowest BCUT2D eigenvalue weighted by Gasteiger charge is -2.54. The Morgan fingerprint density at radius 1 is 0.828 bits per heavy atom. The highest BCUT2D eigenvalue weighted by Crippen LogP contribution is 2.48. The van der Waals surface area contributed by atoms with Crippen LogP contribution in [0.5, 0.6) is 0 Å². The number of halogens is 2. The molecule has 5 heteroatoms. The molecule has 0 radical (unpaired) electrons. The van der Waals surface area contributed by atoms with Gasteiger partial charge in [0.25, 0.3) is 0 Å². The predicted molar refractivity (Wildman–Crippen MR) is 108 cm³/mol. The van der Waals surface area contributed by atoms with Gasteiger partial charge in [-0.25, -0.2) is 8.78 Å². The summed E-state index contributed by atoms with van der Waals surface area (Å²) in [5, 5.41) is 21.3. The number of benzene rings is 3. The maximum absolute atomic E-state index is 13.3. The third kappa shape index (κ3) is 4.02. The van der Waals surface area contributed by atoms with Crippen LogP contribution in [0.15, 0.2) is 78.9 Å². The first kappa shape index (κ1) is 19.6. The van der Waals surface area contributed by atoms with Gasteiger partial charge in [-0.15, -0.1) is 0 Å². The lowest BCUT2D eigenvalue weighted by atomic mass is 9.77. The van der Waals surface area contributed by atoms with E-state index in [-0.39, 0.29) is 23.6 Å². The first-order valence-corrected chi connectivity index (χ1v) is 9.75. The van der Waals surface area contributed by atoms with Crippen LogP contribution in [0.4, 0.5) is 14.5 Å². The number of aliphatic hydroxyl groups excluding tert-OH is 2. The SMILES string of the molecule is OC(CCC1C(O)N(c2ccc(F)cc2)C1c1ccccc1)c1ccc(F)cc1. The highest BCUT2D eigenvalue weighted by Gasteiger charge is 2.48. The highest BCUT2D eigenvalue weighted by molar-refractivity contribution is 5.53. The predicted octanol–water partition coefficient (Wildman–Crippen LogP) is 4.97. The molecule has 3 aromatic carbocycles. The van der Waals surface area contributed by atoms with E-state index in [1.165, 1.54) is 24.3 Å². The van der Waals surface area contributed by atoms with Crippen molar-refractivity contribution in [1.82, 2.24) is 0 Å².